The molecule has 1 aliphatic heterocycles. The number of hydrogen-bond donors (Lipinski definition) is 1. The molecule has 32 heavy (non-hydrogen) atoms. The van der Waals surface area contributed by atoms with Crippen molar-refractivity contribution in [3.05, 3.63) is 62.0 Å². The Labute approximate surface area is 187 Å². The third kappa shape index (κ3) is 5.30. The second-order valence-electron chi connectivity index (χ2n) is 7.30. The quantitative estimate of drug-likeness (QED) is 0.592. The number of amides is 1. The van der Waals surface area contributed by atoms with Gasteiger partial charge >= 0.3 is 6.61 Å². The number of hydrogen-bond acceptors (Lipinski definition) is 5. The smallest absolute Gasteiger partial charge is 0.387 e. The Kier molecular flexibility index (Phi) is 7.56. The summed E-state index contributed by atoms with van der Waals surface area (Å²) in [7, 11) is 2.05. The molecule has 0 saturated carbocycles. The first-order valence-electron chi connectivity index (χ1n) is 9.96. The minimum atomic E-state index is -2.92. The van der Waals surface area contributed by atoms with E-state index < -0.39 is 6.61 Å². The number of aromatic nitrogens is 1. The van der Waals surface area contributed by atoms with Crippen LogP contribution in [-0.2, 0) is 11.3 Å². The van der Waals surface area contributed by atoms with Crippen LogP contribution in [0, 0.1) is 11.3 Å². The van der Waals surface area contributed by atoms with Crippen LogP contribution in [0.15, 0.2) is 41.7 Å². The van der Waals surface area contributed by atoms with E-state index in [2.05, 4.69) is 11.3 Å². The van der Waals surface area contributed by atoms with E-state index in [0.717, 1.165) is 24.4 Å². The highest BCUT2D eigenvalue weighted by Gasteiger charge is 2.26. The minimum Gasteiger partial charge on any atom is -0.435 e. The number of likely N-dealkylation sites (N-methyl/N-ethyl adjacent to an activating group) is 1. The summed E-state index contributed by atoms with van der Waals surface area (Å²) < 4.78 is 30.9. The predicted octanol–water partition coefficient (Wildman–Crippen LogP) is -0.443. The van der Waals surface area contributed by atoms with E-state index >= 15 is 0 Å². The molecule has 1 aliphatic rings. The number of benzene rings is 1. The molecule has 1 aromatic carbocycles. The number of quaternary nitrogens is 1. The lowest BCUT2D eigenvalue weighted by Crippen LogP contribution is -3.12. The van der Waals surface area contributed by atoms with E-state index in [1.807, 2.05) is 13.1 Å². The van der Waals surface area contributed by atoms with Crippen LogP contribution in [-0.4, -0.2) is 55.2 Å². The van der Waals surface area contributed by atoms with Gasteiger partial charge in [-0.3, -0.25) is 14.2 Å². The molecule has 168 valence electrons. The highest BCUT2D eigenvalue weighted by atomic mass is 32.1. The standard InChI is InChI=1S/C22H22F2N4O3S/c1-3-8-28-20(30)18(13-15-4-6-16(7-5-15)31-22(23)24)32-21(28)17(14-25)19(29)27-11-9-26(2)10-12-27/h3-7,13,22H,1,8-12H2,2H3/p+1/b18-13-,21-17+. The molecule has 1 N–H and O–H groups in total. The number of thiazole rings is 1. The fraction of sp³-hybridized carbons (Fsp3) is 0.318. The van der Waals surface area contributed by atoms with Crippen molar-refractivity contribution in [2.75, 3.05) is 33.2 Å². The zero-order chi connectivity index (χ0) is 23.3. The number of allylic oxidation sites excluding steroid dienone is 1. The van der Waals surface area contributed by atoms with E-state index in [1.165, 1.54) is 27.7 Å². The molecule has 0 aliphatic carbocycles. The average molecular weight is 462 g/mol. The van der Waals surface area contributed by atoms with Gasteiger partial charge in [-0.15, -0.1) is 17.9 Å². The van der Waals surface area contributed by atoms with Gasteiger partial charge < -0.3 is 14.5 Å². The fourth-order valence-electron chi connectivity index (χ4n) is 3.33. The highest BCUT2D eigenvalue weighted by molar-refractivity contribution is 7.07. The van der Waals surface area contributed by atoms with Gasteiger partial charge in [-0.05, 0) is 23.8 Å². The lowest BCUT2D eigenvalue weighted by atomic mass is 10.2. The van der Waals surface area contributed by atoms with Crippen LogP contribution in [0.1, 0.15) is 5.56 Å². The lowest BCUT2D eigenvalue weighted by Gasteiger charge is -2.29. The molecule has 2 aromatic rings. The Hall–Kier alpha value is -3.29. The first-order valence-corrected chi connectivity index (χ1v) is 10.8. The minimum absolute atomic E-state index is 0.00722. The van der Waals surface area contributed by atoms with Crippen molar-refractivity contribution in [3.63, 3.8) is 0 Å². The molecule has 0 radical (unpaired) electrons. The lowest BCUT2D eigenvalue weighted by molar-refractivity contribution is -0.883. The van der Waals surface area contributed by atoms with Crippen molar-refractivity contribution in [2.24, 2.45) is 0 Å². The van der Waals surface area contributed by atoms with Gasteiger partial charge in [0.2, 0.25) is 0 Å². The van der Waals surface area contributed by atoms with Crippen LogP contribution >= 0.6 is 11.3 Å². The maximum Gasteiger partial charge on any atom is 0.387 e. The van der Waals surface area contributed by atoms with Crippen LogP contribution in [0.4, 0.5) is 8.78 Å². The van der Waals surface area contributed by atoms with E-state index in [1.54, 1.807) is 23.1 Å². The van der Waals surface area contributed by atoms with Crippen LogP contribution < -0.4 is 24.4 Å². The zero-order valence-corrected chi connectivity index (χ0v) is 18.3. The van der Waals surface area contributed by atoms with Crippen LogP contribution in [0.5, 0.6) is 5.75 Å². The molecule has 1 saturated heterocycles. The Morgan fingerprint density at radius 3 is 2.56 bits per heavy atom. The molecule has 0 atom stereocenters. The number of carbonyl (C=O) groups excluding carboxylic acids is 1. The SMILES string of the molecule is C=CCn1c(=O)/c(=C/c2ccc(OC(F)F)cc2)s/c1=C(\C#N)C(=O)N1CC[NH+](C)CC1. The van der Waals surface area contributed by atoms with Crippen LogP contribution in [0.2, 0.25) is 0 Å². The second-order valence-corrected chi connectivity index (χ2v) is 8.33. The van der Waals surface area contributed by atoms with Crippen LogP contribution in [0.25, 0.3) is 11.6 Å². The van der Waals surface area contributed by atoms with Gasteiger partial charge in [-0.25, -0.2) is 0 Å². The van der Waals surface area contributed by atoms with Crippen molar-refractivity contribution in [1.82, 2.24) is 9.47 Å². The van der Waals surface area contributed by atoms with E-state index in [9.17, 15) is 23.6 Å². The molecule has 10 heteroatoms. The number of nitriles is 1. The average Bonchev–Trinajstić information content (AvgIpc) is 3.06. The third-order valence-electron chi connectivity index (χ3n) is 5.07. The van der Waals surface area contributed by atoms with Gasteiger partial charge in [-0.1, -0.05) is 18.2 Å². The monoisotopic (exact) mass is 461 g/mol. The highest BCUT2D eigenvalue weighted by Crippen LogP contribution is 2.15. The predicted molar refractivity (Wildman–Crippen MR) is 117 cm³/mol. The summed E-state index contributed by atoms with van der Waals surface area (Å²) in [6.45, 7) is 3.55. The number of halogens is 2. The van der Waals surface area contributed by atoms with Gasteiger partial charge in [0, 0.05) is 6.54 Å². The summed E-state index contributed by atoms with van der Waals surface area (Å²) in [5.41, 5.74) is 0.157. The summed E-state index contributed by atoms with van der Waals surface area (Å²) in [6.07, 6.45) is 3.11. The Morgan fingerprint density at radius 1 is 1.34 bits per heavy atom. The maximum absolute atomic E-state index is 13.0. The summed E-state index contributed by atoms with van der Waals surface area (Å²) in [4.78, 5) is 29.0. The number of ether oxygens (including phenoxy) is 1. The molecule has 1 fully saturated rings. The van der Waals surface area contributed by atoms with Gasteiger partial charge in [0.1, 0.15) is 16.5 Å². The van der Waals surface area contributed by atoms with Crippen molar-refractivity contribution in [2.45, 2.75) is 13.2 Å². The number of nitrogens with zero attached hydrogens (tertiary/aromatic N) is 3. The number of carbonyl (C=O) groups is 1. The largest absolute Gasteiger partial charge is 0.435 e. The summed E-state index contributed by atoms with van der Waals surface area (Å²) in [5, 5.41) is 9.76. The van der Waals surface area contributed by atoms with E-state index in [0.29, 0.717) is 23.2 Å². The Balaban J connectivity index is 2.07. The fourth-order valence-corrected chi connectivity index (χ4v) is 4.44. The van der Waals surface area contributed by atoms with Crippen molar-refractivity contribution in [3.8, 4) is 11.8 Å². The summed E-state index contributed by atoms with van der Waals surface area (Å²) in [5.74, 6) is -0.382. The molecular weight excluding hydrogens is 438 g/mol. The topological polar surface area (TPSA) is 79.8 Å². The molecule has 7 nitrogen and oxygen atoms in total. The van der Waals surface area contributed by atoms with Gasteiger partial charge in [-0.2, -0.15) is 14.0 Å². The molecule has 0 bridgehead atoms. The molecule has 1 amide bonds. The van der Waals surface area contributed by atoms with Crippen LogP contribution in [0.3, 0.4) is 0 Å². The third-order valence-corrected chi connectivity index (χ3v) is 6.20. The van der Waals surface area contributed by atoms with Crippen molar-refractivity contribution < 1.29 is 23.2 Å². The first-order chi connectivity index (χ1) is 15.3. The second kappa shape index (κ2) is 10.3. The first kappa shape index (κ1) is 23.4. The maximum atomic E-state index is 13.0. The number of piperazine rings is 1. The molecule has 0 spiro atoms. The van der Waals surface area contributed by atoms with Crippen molar-refractivity contribution >= 4 is 28.9 Å². The molecule has 2 heterocycles. The number of rotatable bonds is 6. The van der Waals surface area contributed by atoms with Gasteiger partial charge in [0.25, 0.3) is 11.5 Å². The van der Waals surface area contributed by atoms with E-state index in [-0.39, 0.29) is 34.0 Å². The van der Waals surface area contributed by atoms with E-state index in [4.69, 9.17) is 0 Å². The zero-order valence-electron chi connectivity index (χ0n) is 17.5. The molecule has 0 unspecified atom stereocenters. The molecule has 3 rings (SSSR count). The summed E-state index contributed by atoms with van der Waals surface area (Å²) >= 11 is 1.04. The van der Waals surface area contributed by atoms with Gasteiger partial charge in [0.15, 0.2) is 5.57 Å². The van der Waals surface area contributed by atoms with Gasteiger partial charge in [0.05, 0.1) is 37.8 Å². The normalized spacial score (nSPS) is 16.1. The number of nitrogens with one attached hydrogen (secondary N) is 1. The molecule has 1 aromatic heterocycles. The summed E-state index contributed by atoms with van der Waals surface area (Å²) in [6, 6.07) is 7.83. The van der Waals surface area contributed by atoms with Crippen molar-refractivity contribution in [1.29, 1.82) is 5.26 Å². The Bertz CT molecular complexity index is 1200. The Morgan fingerprint density at radius 2 is 2.00 bits per heavy atom. The number of alkyl halides is 2. The molecular formula is C22H23F2N4O3S+.